The molecule has 0 saturated carbocycles. The van der Waals surface area contributed by atoms with Crippen molar-refractivity contribution in [3.05, 3.63) is 57.6 Å². The first-order valence-corrected chi connectivity index (χ1v) is 8.72. The van der Waals surface area contributed by atoms with Crippen LogP contribution >= 0.6 is 23.2 Å². The predicted molar refractivity (Wildman–Crippen MR) is 98.6 cm³/mol. The highest BCUT2D eigenvalue weighted by Gasteiger charge is 2.28. The molecule has 4 nitrogen and oxygen atoms in total. The summed E-state index contributed by atoms with van der Waals surface area (Å²) < 4.78 is 11.1. The first-order chi connectivity index (χ1) is 12.0. The van der Waals surface area contributed by atoms with Crippen molar-refractivity contribution < 1.29 is 14.3 Å². The van der Waals surface area contributed by atoms with E-state index in [1.165, 1.54) is 0 Å². The van der Waals surface area contributed by atoms with Gasteiger partial charge in [-0.15, -0.1) is 0 Å². The predicted octanol–water partition coefficient (Wildman–Crippen LogP) is 4.21. The zero-order chi connectivity index (χ0) is 18.0. The Morgan fingerprint density at radius 1 is 1.24 bits per heavy atom. The van der Waals surface area contributed by atoms with Crippen LogP contribution in [-0.2, 0) is 17.8 Å². The van der Waals surface area contributed by atoms with Crippen LogP contribution in [0.4, 0.5) is 0 Å². The fraction of sp³-hybridized carbons (Fsp3) is 0.316. The lowest BCUT2D eigenvalue weighted by Crippen LogP contribution is -2.38. The van der Waals surface area contributed by atoms with E-state index in [1.807, 2.05) is 18.2 Å². The highest BCUT2D eigenvalue weighted by Crippen LogP contribution is 2.31. The van der Waals surface area contributed by atoms with Gasteiger partial charge in [-0.1, -0.05) is 23.2 Å². The maximum Gasteiger partial charge on any atom is 0.229 e. The second-order valence-corrected chi connectivity index (χ2v) is 6.99. The Morgan fingerprint density at radius 3 is 2.72 bits per heavy atom. The molecule has 1 heterocycles. The summed E-state index contributed by atoms with van der Waals surface area (Å²) >= 11 is 12.1. The van der Waals surface area contributed by atoms with Crippen LogP contribution in [0.25, 0.3) is 0 Å². The third-order valence-corrected chi connectivity index (χ3v) is 4.77. The Balaban J connectivity index is 1.72. The van der Waals surface area contributed by atoms with Crippen molar-refractivity contribution in [3.63, 3.8) is 0 Å². The van der Waals surface area contributed by atoms with Crippen LogP contribution in [0.1, 0.15) is 11.1 Å². The van der Waals surface area contributed by atoms with Crippen LogP contribution < -0.4 is 9.47 Å². The molecule has 1 aliphatic heterocycles. The quantitative estimate of drug-likeness (QED) is 0.798. The molecule has 3 rings (SSSR count). The smallest absolute Gasteiger partial charge is 0.229 e. The summed E-state index contributed by atoms with van der Waals surface area (Å²) in [6.07, 6.45) is 0.617. The van der Waals surface area contributed by atoms with Gasteiger partial charge >= 0.3 is 0 Å². The third kappa shape index (κ3) is 4.02. The molecule has 1 unspecified atom stereocenters. The minimum atomic E-state index is -0.235. The zero-order valence-corrected chi connectivity index (χ0v) is 15.6. The molecule has 1 amide bonds. The van der Waals surface area contributed by atoms with Crippen LogP contribution in [-0.4, -0.2) is 31.6 Å². The van der Waals surface area contributed by atoms with Gasteiger partial charge in [-0.3, -0.25) is 4.79 Å². The van der Waals surface area contributed by atoms with Gasteiger partial charge < -0.3 is 14.4 Å². The summed E-state index contributed by atoms with van der Waals surface area (Å²) in [6.45, 7) is 0.784. The standard InChI is InChI=1S/C19H19Cl2NO3/c1-22(10-13-9-16(21)3-5-17(13)24-2)19(23)14-7-12-8-15(20)4-6-18(12)25-11-14/h3-6,8-9,14H,7,10-11H2,1-2H3. The van der Waals surface area contributed by atoms with Gasteiger partial charge in [0.05, 0.1) is 13.0 Å². The van der Waals surface area contributed by atoms with Crippen molar-refractivity contribution >= 4 is 29.1 Å². The van der Waals surface area contributed by atoms with Crippen LogP contribution in [0.2, 0.25) is 10.0 Å². The Hall–Kier alpha value is -1.91. The van der Waals surface area contributed by atoms with Crippen molar-refractivity contribution in [1.29, 1.82) is 0 Å². The minimum absolute atomic E-state index is 0.0210. The number of benzene rings is 2. The van der Waals surface area contributed by atoms with Gasteiger partial charge in [0.25, 0.3) is 0 Å². The van der Waals surface area contributed by atoms with E-state index in [0.717, 1.165) is 16.9 Å². The summed E-state index contributed by atoms with van der Waals surface area (Å²) in [5, 5.41) is 1.26. The molecule has 0 fully saturated rings. The fourth-order valence-electron chi connectivity index (χ4n) is 3.04. The number of fused-ring (bicyclic) bond motifs is 1. The number of rotatable bonds is 4. The monoisotopic (exact) mass is 379 g/mol. The van der Waals surface area contributed by atoms with Gasteiger partial charge in [0.2, 0.25) is 5.91 Å². The number of ether oxygens (including phenoxy) is 2. The molecule has 2 aromatic rings. The van der Waals surface area contributed by atoms with E-state index in [-0.39, 0.29) is 11.8 Å². The van der Waals surface area contributed by atoms with E-state index in [1.54, 1.807) is 37.3 Å². The number of hydrogen-bond acceptors (Lipinski definition) is 3. The van der Waals surface area contributed by atoms with Gasteiger partial charge in [0, 0.05) is 29.2 Å². The van der Waals surface area contributed by atoms with Crippen LogP contribution in [0.5, 0.6) is 11.5 Å². The average Bonchev–Trinajstić information content (AvgIpc) is 2.60. The molecule has 0 spiro atoms. The number of amides is 1. The second-order valence-electron chi connectivity index (χ2n) is 6.11. The summed E-state index contributed by atoms with van der Waals surface area (Å²) in [4.78, 5) is 14.5. The van der Waals surface area contributed by atoms with E-state index in [4.69, 9.17) is 32.7 Å². The van der Waals surface area contributed by atoms with Crippen LogP contribution in [0.3, 0.4) is 0 Å². The molecule has 2 aromatic carbocycles. The molecule has 1 atom stereocenters. The molecule has 0 aliphatic carbocycles. The van der Waals surface area contributed by atoms with E-state index in [2.05, 4.69) is 0 Å². The Bertz CT molecular complexity index is 794. The van der Waals surface area contributed by atoms with Gasteiger partial charge in [-0.05, 0) is 48.4 Å². The Kier molecular flexibility index (Phi) is 5.40. The number of carbonyl (C=O) groups is 1. The number of methoxy groups -OCH3 is 1. The number of nitrogens with zero attached hydrogens (tertiary/aromatic N) is 1. The van der Waals surface area contributed by atoms with Crippen molar-refractivity contribution in [1.82, 2.24) is 4.90 Å². The van der Waals surface area contributed by atoms with E-state index >= 15 is 0 Å². The van der Waals surface area contributed by atoms with E-state index in [9.17, 15) is 4.79 Å². The highest BCUT2D eigenvalue weighted by atomic mass is 35.5. The van der Waals surface area contributed by atoms with Crippen molar-refractivity contribution in [2.24, 2.45) is 5.92 Å². The molecule has 0 saturated heterocycles. The third-order valence-electron chi connectivity index (χ3n) is 4.30. The van der Waals surface area contributed by atoms with Gasteiger partial charge in [0.15, 0.2) is 0 Å². The minimum Gasteiger partial charge on any atom is -0.496 e. The molecule has 6 heteroatoms. The first-order valence-electron chi connectivity index (χ1n) is 7.96. The summed E-state index contributed by atoms with van der Waals surface area (Å²) in [5.41, 5.74) is 1.83. The number of halogens is 2. The molecular weight excluding hydrogens is 361 g/mol. The van der Waals surface area contributed by atoms with Gasteiger partial charge in [-0.25, -0.2) is 0 Å². The topological polar surface area (TPSA) is 38.8 Å². The van der Waals surface area contributed by atoms with Crippen molar-refractivity contribution in [3.8, 4) is 11.5 Å². The van der Waals surface area contributed by atoms with Crippen molar-refractivity contribution in [2.75, 3.05) is 20.8 Å². The fourth-order valence-corrected chi connectivity index (χ4v) is 3.43. The van der Waals surface area contributed by atoms with E-state index in [0.29, 0.717) is 35.4 Å². The molecule has 1 aliphatic rings. The molecule has 0 N–H and O–H groups in total. The van der Waals surface area contributed by atoms with Crippen molar-refractivity contribution in [2.45, 2.75) is 13.0 Å². The van der Waals surface area contributed by atoms with Crippen LogP contribution in [0, 0.1) is 5.92 Å². The maximum atomic E-state index is 12.8. The summed E-state index contributed by atoms with van der Waals surface area (Å²) in [7, 11) is 3.38. The lowest BCUT2D eigenvalue weighted by Gasteiger charge is -2.28. The lowest BCUT2D eigenvalue weighted by atomic mass is 9.95. The molecule has 0 radical (unpaired) electrons. The second kappa shape index (κ2) is 7.54. The summed E-state index contributed by atoms with van der Waals surface area (Å²) in [5.74, 6) is 1.29. The molecule has 0 bridgehead atoms. The number of carbonyl (C=O) groups excluding carboxylic acids is 1. The molecular formula is C19H19Cl2NO3. The maximum absolute atomic E-state index is 12.8. The average molecular weight is 380 g/mol. The first kappa shape index (κ1) is 17.9. The van der Waals surface area contributed by atoms with Gasteiger partial charge in [-0.2, -0.15) is 0 Å². The Labute approximate surface area is 157 Å². The number of hydrogen-bond donors (Lipinski definition) is 0. The SMILES string of the molecule is COc1ccc(Cl)cc1CN(C)C(=O)C1COc2ccc(Cl)cc2C1. The van der Waals surface area contributed by atoms with Gasteiger partial charge in [0.1, 0.15) is 18.1 Å². The van der Waals surface area contributed by atoms with E-state index < -0.39 is 0 Å². The highest BCUT2D eigenvalue weighted by molar-refractivity contribution is 6.31. The lowest BCUT2D eigenvalue weighted by molar-refractivity contribution is -0.136. The Morgan fingerprint density at radius 2 is 1.96 bits per heavy atom. The molecule has 132 valence electrons. The van der Waals surface area contributed by atoms with Crippen LogP contribution in [0.15, 0.2) is 36.4 Å². The normalized spacial score (nSPS) is 15.9. The summed E-state index contributed by atoms with van der Waals surface area (Å²) in [6, 6.07) is 10.9. The zero-order valence-electron chi connectivity index (χ0n) is 14.1. The molecule has 25 heavy (non-hydrogen) atoms. The largest absolute Gasteiger partial charge is 0.496 e. The molecule has 0 aromatic heterocycles.